The highest BCUT2D eigenvalue weighted by molar-refractivity contribution is 6.30. The fourth-order valence-corrected chi connectivity index (χ4v) is 3.37. The van der Waals surface area contributed by atoms with Gasteiger partial charge in [-0.05, 0) is 67.8 Å². The second-order valence-corrected chi connectivity index (χ2v) is 6.99. The first kappa shape index (κ1) is 17.6. The molecule has 2 aromatic carbocycles. The van der Waals surface area contributed by atoms with E-state index in [0.29, 0.717) is 10.8 Å². The molecule has 3 aromatic rings. The molecule has 0 spiro atoms. The topological polar surface area (TPSA) is 56.1 Å². The normalized spacial score (nSPS) is 13.1. The number of fused-ring (bicyclic) bond motifs is 1. The fourth-order valence-electron chi connectivity index (χ4n) is 3.25. The van der Waals surface area contributed by atoms with Crippen LogP contribution in [-0.2, 0) is 17.8 Å². The van der Waals surface area contributed by atoms with Gasteiger partial charge in [-0.15, -0.1) is 0 Å². The highest BCUT2D eigenvalue weighted by Gasteiger charge is 2.15. The zero-order valence-electron chi connectivity index (χ0n) is 14.8. The van der Waals surface area contributed by atoms with Crippen LogP contribution in [0.4, 0.5) is 5.69 Å². The van der Waals surface area contributed by atoms with Crippen molar-refractivity contribution < 1.29 is 9.53 Å². The van der Waals surface area contributed by atoms with E-state index in [-0.39, 0.29) is 12.5 Å². The number of imidazole rings is 1. The van der Waals surface area contributed by atoms with E-state index < -0.39 is 0 Å². The smallest absolute Gasteiger partial charge is 0.262 e. The predicted molar refractivity (Wildman–Crippen MR) is 106 cm³/mol. The third-order valence-corrected chi connectivity index (χ3v) is 4.87. The number of benzene rings is 2. The summed E-state index contributed by atoms with van der Waals surface area (Å²) < 4.78 is 7.74. The molecule has 1 amide bonds. The lowest BCUT2D eigenvalue weighted by Gasteiger charge is -2.16. The molecule has 0 saturated heterocycles. The van der Waals surface area contributed by atoms with Crippen LogP contribution in [0.5, 0.6) is 5.75 Å². The molecule has 1 aliphatic rings. The molecule has 6 heteroatoms. The first-order valence-corrected chi connectivity index (χ1v) is 9.40. The minimum atomic E-state index is -0.212. The molecule has 4 rings (SSSR count). The van der Waals surface area contributed by atoms with Crippen LogP contribution in [0.3, 0.4) is 0 Å². The summed E-state index contributed by atoms with van der Waals surface area (Å²) in [6.45, 7) is 0.961. The second kappa shape index (κ2) is 7.84. The van der Waals surface area contributed by atoms with Gasteiger partial charge in [0.2, 0.25) is 0 Å². The predicted octanol–water partition coefficient (Wildman–Crippen LogP) is 4.56. The number of aryl methyl sites for hydroxylation is 1. The molecule has 138 valence electrons. The van der Waals surface area contributed by atoms with Gasteiger partial charge in [-0.3, -0.25) is 4.79 Å². The second-order valence-electron chi connectivity index (χ2n) is 6.55. The standard InChI is InChI=1S/C21H20ClN3O2/c22-16-6-10-19(11-7-16)27-14-20(26)24-17-8-4-15(5-9-17)21-23-13-18-3-1-2-12-25(18)21/h4-11,13H,1-3,12,14H2,(H,24,26). The summed E-state index contributed by atoms with van der Waals surface area (Å²) >= 11 is 5.83. The molecular formula is C21H20ClN3O2. The molecule has 27 heavy (non-hydrogen) atoms. The molecule has 0 bridgehead atoms. The number of carbonyl (C=O) groups is 1. The molecule has 5 nitrogen and oxygen atoms in total. The van der Waals surface area contributed by atoms with E-state index in [9.17, 15) is 4.79 Å². The van der Waals surface area contributed by atoms with Crippen molar-refractivity contribution in [2.45, 2.75) is 25.8 Å². The van der Waals surface area contributed by atoms with Crippen molar-refractivity contribution >= 4 is 23.2 Å². The van der Waals surface area contributed by atoms with Crippen molar-refractivity contribution in [3.05, 3.63) is 65.4 Å². The molecule has 0 aliphatic carbocycles. The Bertz CT molecular complexity index is 933. The zero-order chi connectivity index (χ0) is 18.6. The van der Waals surface area contributed by atoms with Gasteiger partial charge in [0.15, 0.2) is 6.61 Å². The SMILES string of the molecule is O=C(COc1ccc(Cl)cc1)Nc1ccc(-c2ncc3n2CCCC3)cc1. The van der Waals surface area contributed by atoms with Gasteiger partial charge in [0.25, 0.3) is 5.91 Å². The largest absolute Gasteiger partial charge is 0.484 e. The number of halogens is 1. The summed E-state index contributed by atoms with van der Waals surface area (Å²) in [7, 11) is 0. The van der Waals surface area contributed by atoms with Crippen molar-refractivity contribution in [3.8, 4) is 17.1 Å². The Morgan fingerprint density at radius 2 is 1.89 bits per heavy atom. The molecule has 0 saturated carbocycles. The van der Waals surface area contributed by atoms with Gasteiger partial charge in [0, 0.05) is 34.7 Å². The number of hydrogen-bond donors (Lipinski definition) is 1. The van der Waals surface area contributed by atoms with Crippen LogP contribution < -0.4 is 10.1 Å². The van der Waals surface area contributed by atoms with Gasteiger partial charge < -0.3 is 14.6 Å². The Labute approximate surface area is 162 Å². The number of rotatable bonds is 5. The Kier molecular flexibility index (Phi) is 5.12. The van der Waals surface area contributed by atoms with Crippen molar-refractivity contribution in [1.29, 1.82) is 0 Å². The third kappa shape index (κ3) is 4.14. The van der Waals surface area contributed by atoms with Crippen molar-refractivity contribution in [1.82, 2.24) is 9.55 Å². The molecule has 1 N–H and O–H groups in total. The number of nitrogens with zero attached hydrogens (tertiary/aromatic N) is 2. The van der Waals surface area contributed by atoms with E-state index in [1.165, 1.54) is 18.5 Å². The lowest BCUT2D eigenvalue weighted by atomic mass is 10.1. The Balaban J connectivity index is 1.37. The van der Waals surface area contributed by atoms with Crippen LogP contribution in [0.2, 0.25) is 5.02 Å². The van der Waals surface area contributed by atoms with Crippen LogP contribution in [0.15, 0.2) is 54.7 Å². The summed E-state index contributed by atoms with van der Waals surface area (Å²) in [5, 5.41) is 3.47. The first-order valence-electron chi connectivity index (χ1n) is 9.02. The van der Waals surface area contributed by atoms with Crippen molar-refractivity contribution in [3.63, 3.8) is 0 Å². The van der Waals surface area contributed by atoms with E-state index in [2.05, 4.69) is 14.9 Å². The fraction of sp³-hybridized carbons (Fsp3) is 0.238. The van der Waals surface area contributed by atoms with Crippen LogP contribution >= 0.6 is 11.6 Å². The monoisotopic (exact) mass is 381 g/mol. The molecule has 1 aromatic heterocycles. The summed E-state index contributed by atoms with van der Waals surface area (Å²) in [5.41, 5.74) is 3.08. The van der Waals surface area contributed by atoms with Crippen LogP contribution in [0.1, 0.15) is 18.5 Å². The highest BCUT2D eigenvalue weighted by Crippen LogP contribution is 2.25. The maximum Gasteiger partial charge on any atom is 0.262 e. The van der Waals surface area contributed by atoms with Crippen molar-refractivity contribution in [2.75, 3.05) is 11.9 Å². The van der Waals surface area contributed by atoms with Crippen molar-refractivity contribution in [2.24, 2.45) is 0 Å². The number of anilines is 1. The van der Waals surface area contributed by atoms with E-state index in [0.717, 1.165) is 30.0 Å². The highest BCUT2D eigenvalue weighted by atomic mass is 35.5. The van der Waals surface area contributed by atoms with Crippen LogP contribution in [0, 0.1) is 0 Å². The molecule has 2 heterocycles. The van der Waals surface area contributed by atoms with Gasteiger partial charge in [0.1, 0.15) is 11.6 Å². The first-order chi connectivity index (χ1) is 13.2. The minimum absolute atomic E-state index is 0.0584. The molecular weight excluding hydrogens is 362 g/mol. The maximum atomic E-state index is 12.1. The van der Waals surface area contributed by atoms with E-state index in [1.54, 1.807) is 24.3 Å². The number of hydrogen-bond acceptors (Lipinski definition) is 3. The van der Waals surface area contributed by atoms with Gasteiger partial charge in [0.05, 0.1) is 0 Å². The Hall–Kier alpha value is -2.79. The minimum Gasteiger partial charge on any atom is -0.484 e. The maximum absolute atomic E-state index is 12.1. The number of carbonyl (C=O) groups excluding carboxylic acids is 1. The van der Waals surface area contributed by atoms with E-state index >= 15 is 0 Å². The number of nitrogens with one attached hydrogen (secondary N) is 1. The van der Waals surface area contributed by atoms with Gasteiger partial charge in [-0.2, -0.15) is 0 Å². The average molecular weight is 382 g/mol. The summed E-state index contributed by atoms with van der Waals surface area (Å²) in [5.74, 6) is 1.39. The zero-order valence-corrected chi connectivity index (χ0v) is 15.6. The van der Waals surface area contributed by atoms with E-state index in [1.807, 2.05) is 30.5 Å². The van der Waals surface area contributed by atoms with Crippen LogP contribution in [-0.4, -0.2) is 22.1 Å². The Morgan fingerprint density at radius 3 is 2.67 bits per heavy atom. The number of aromatic nitrogens is 2. The number of ether oxygens (including phenoxy) is 1. The van der Waals surface area contributed by atoms with Gasteiger partial charge >= 0.3 is 0 Å². The molecule has 0 fully saturated rings. The summed E-state index contributed by atoms with van der Waals surface area (Å²) in [6, 6.07) is 14.7. The summed E-state index contributed by atoms with van der Waals surface area (Å²) in [6.07, 6.45) is 5.49. The van der Waals surface area contributed by atoms with Gasteiger partial charge in [-0.25, -0.2) is 4.98 Å². The Morgan fingerprint density at radius 1 is 1.11 bits per heavy atom. The molecule has 0 unspecified atom stereocenters. The van der Waals surface area contributed by atoms with Gasteiger partial charge in [-0.1, -0.05) is 11.6 Å². The van der Waals surface area contributed by atoms with Crippen LogP contribution in [0.25, 0.3) is 11.4 Å². The quantitative estimate of drug-likeness (QED) is 0.705. The molecule has 0 atom stereocenters. The average Bonchev–Trinajstić information content (AvgIpc) is 3.12. The molecule has 1 aliphatic heterocycles. The molecule has 0 radical (unpaired) electrons. The van der Waals surface area contributed by atoms with E-state index in [4.69, 9.17) is 16.3 Å². The summed E-state index contributed by atoms with van der Waals surface area (Å²) in [4.78, 5) is 16.7. The lowest BCUT2D eigenvalue weighted by molar-refractivity contribution is -0.118. The third-order valence-electron chi connectivity index (χ3n) is 4.61. The number of amides is 1. The lowest BCUT2D eigenvalue weighted by Crippen LogP contribution is -2.20.